The Kier molecular flexibility index (Phi) is 2.33. The molecule has 0 aliphatic heterocycles. The van der Waals surface area contributed by atoms with Crippen molar-refractivity contribution < 1.29 is 0 Å². The molecule has 0 aliphatic carbocycles. The van der Waals surface area contributed by atoms with Crippen LogP contribution in [0.25, 0.3) is 11.4 Å². The van der Waals surface area contributed by atoms with E-state index in [1.165, 1.54) is 0 Å². The van der Waals surface area contributed by atoms with Crippen LogP contribution in [-0.4, -0.2) is 9.55 Å². The molecule has 14 heavy (non-hydrogen) atoms. The van der Waals surface area contributed by atoms with Crippen molar-refractivity contribution in [2.45, 2.75) is 6.54 Å². The van der Waals surface area contributed by atoms with Crippen molar-refractivity contribution in [2.75, 3.05) is 0 Å². The first-order valence-electron chi connectivity index (χ1n) is 4.58. The van der Waals surface area contributed by atoms with Gasteiger partial charge in [-0.3, -0.25) is 0 Å². The van der Waals surface area contributed by atoms with Crippen LogP contribution >= 0.6 is 0 Å². The second-order valence-electron chi connectivity index (χ2n) is 3.27. The van der Waals surface area contributed by atoms with Crippen molar-refractivity contribution in [2.24, 2.45) is 12.8 Å². The number of hydrogen-bond donors (Lipinski definition) is 1. The van der Waals surface area contributed by atoms with Gasteiger partial charge in [-0.05, 0) is 11.6 Å². The van der Waals surface area contributed by atoms with Crippen LogP contribution in [0.4, 0.5) is 0 Å². The van der Waals surface area contributed by atoms with Gasteiger partial charge in [0.1, 0.15) is 5.82 Å². The first-order valence-corrected chi connectivity index (χ1v) is 4.58. The first-order chi connectivity index (χ1) is 6.81. The molecular weight excluding hydrogens is 174 g/mol. The molecule has 0 radical (unpaired) electrons. The number of rotatable bonds is 2. The summed E-state index contributed by atoms with van der Waals surface area (Å²) in [5.41, 5.74) is 7.82. The third kappa shape index (κ3) is 1.54. The highest BCUT2D eigenvalue weighted by atomic mass is 15.0. The standard InChI is InChI=1S/C11H13N3/c1-14-6-5-13-11(14)10-4-2-3-9(7-10)8-12/h2-7H,8,12H2,1H3. The van der Waals surface area contributed by atoms with Gasteiger partial charge in [-0.2, -0.15) is 0 Å². The Morgan fingerprint density at radius 1 is 1.43 bits per heavy atom. The van der Waals surface area contributed by atoms with Crippen LogP contribution in [0.2, 0.25) is 0 Å². The van der Waals surface area contributed by atoms with Crippen LogP contribution in [0.5, 0.6) is 0 Å². The number of imidazole rings is 1. The lowest BCUT2D eigenvalue weighted by Crippen LogP contribution is -1.97. The van der Waals surface area contributed by atoms with Gasteiger partial charge in [0.05, 0.1) is 0 Å². The maximum Gasteiger partial charge on any atom is 0.139 e. The maximum absolute atomic E-state index is 5.58. The summed E-state index contributed by atoms with van der Waals surface area (Å²) in [5.74, 6) is 0.973. The molecule has 72 valence electrons. The van der Waals surface area contributed by atoms with E-state index in [1.54, 1.807) is 6.20 Å². The predicted octanol–water partition coefficient (Wildman–Crippen LogP) is 1.55. The Bertz CT molecular complexity index is 432. The van der Waals surface area contributed by atoms with E-state index < -0.39 is 0 Å². The van der Waals surface area contributed by atoms with E-state index in [1.807, 2.05) is 36.0 Å². The Morgan fingerprint density at radius 3 is 2.93 bits per heavy atom. The lowest BCUT2D eigenvalue weighted by Gasteiger charge is -2.03. The summed E-state index contributed by atoms with van der Waals surface area (Å²) in [6.07, 6.45) is 3.73. The minimum Gasteiger partial charge on any atom is -0.334 e. The molecule has 2 aromatic rings. The first kappa shape index (κ1) is 8.97. The van der Waals surface area contributed by atoms with E-state index in [-0.39, 0.29) is 0 Å². The summed E-state index contributed by atoms with van der Waals surface area (Å²) in [5, 5.41) is 0. The molecule has 0 aliphatic rings. The number of aryl methyl sites for hydroxylation is 1. The summed E-state index contributed by atoms with van der Waals surface area (Å²) < 4.78 is 2.00. The fourth-order valence-electron chi connectivity index (χ4n) is 1.48. The predicted molar refractivity (Wildman–Crippen MR) is 56.5 cm³/mol. The smallest absolute Gasteiger partial charge is 0.139 e. The monoisotopic (exact) mass is 187 g/mol. The topological polar surface area (TPSA) is 43.8 Å². The fourth-order valence-corrected chi connectivity index (χ4v) is 1.48. The largest absolute Gasteiger partial charge is 0.334 e. The van der Waals surface area contributed by atoms with Crippen LogP contribution < -0.4 is 5.73 Å². The molecule has 1 aromatic heterocycles. The molecule has 0 saturated heterocycles. The molecule has 3 heteroatoms. The van der Waals surface area contributed by atoms with Crippen molar-refractivity contribution in [1.82, 2.24) is 9.55 Å². The van der Waals surface area contributed by atoms with Gasteiger partial charge < -0.3 is 10.3 Å². The Balaban J connectivity index is 2.47. The van der Waals surface area contributed by atoms with Crippen LogP contribution in [0.15, 0.2) is 36.7 Å². The molecule has 1 heterocycles. The fraction of sp³-hybridized carbons (Fsp3) is 0.182. The van der Waals surface area contributed by atoms with Crippen LogP contribution in [0, 0.1) is 0 Å². The van der Waals surface area contributed by atoms with E-state index in [4.69, 9.17) is 5.73 Å². The molecule has 0 atom stereocenters. The van der Waals surface area contributed by atoms with Crippen molar-refractivity contribution in [3.8, 4) is 11.4 Å². The van der Waals surface area contributed by atoms with Crippen molar-refractivity contribution >= 4 is 0 Å². The van der Waals surface area contributed by atoms with Gasteiger partial charge in [0.2, 0.25) is 0 Å². The van der Waals surface area contributed by atoms with E-state index in [0.717, 1.165) is 17.0 Å². The van der Waals surface area contributed by atoms with Crippen molar-refractivity contribution in [3.05, 3.63) is 42.2 Å². The van der Waals surface area contributed by atoms with Crippen LogP contribution in [0.1, 0.15) is 5.56 Å². The molecule has 0 saturated carbocycles. The average molecular weight is 187 g/mol. The highest BCUT2D eigenvalue weighted by Crippen LogP contribution is 2.17. The van der Waals surface area contributed by atoms with Crippen molar-refractivity contribution in [1.29, 1.82) is 0 Å². The number of nitrogens with zero attached hydrogens (tertiary/aromatic N) is 2. The zero-order chi connectivity index (χ0) is 9.97. The van der Waals surface area contributed by atoms with Gasteiger partial charge in [-0.1, -0.05) is 18.2 Å². The molecule has 0 bridgehead atoms. The number of hydrogen-bond acceptors (Lipinski definition) is 2. The molecule has 0 unspecified atom stereocenters. The molecular formula is C11H13N3. The summed E-state index contributed by atoms with van der Waals surface area (Å²) in [7, 11) is 1.98. The SMILES string of the molecule is Cn1ccnc1-c1cccc(CN)c1. The number of nitrogens with two attached hydrogens (primary N) is 1. The van der Waals surface area contributed by atoms with Gasteiger partial charge in [-0.25, -0.2) is 4.98 Å². The normalized spacial score (nSPS) is 10.4. The Morgan fingerprint density at radius 2 is 2.29 bits per heavy atom. The average Bonchev–Trinajstić information content (AvgIpc) is 2.65. The molecule has 2 N–H and O–H groups in total. The minimum atomic E-state index is 0.568. The molecule has 0 fully saturated rings. The third-order valence-electron chi connectivity index (χ3n) is 2.24. The maximum atomic E-state index is 5.58. The second-order valence-corrected chi connectivity index (χ2v) is 3.27. The zero-order valence-electron chi connectivity index (χ0n) is 8.14. The van der Waals surface area contributed by atoms with Gasteiger partial charge in [0, 0.05) is 31.5 Å². The molecule has 1 aromatic carbocycles. The van der Waals surface area contributed by atoms with E-state index >= 15 is 0 Å². The lowest BCUT2D eigenvalue weighted by atomic mass is 10.1. The highest BCUT2D eigenvalue weighted by molar-refractivity contribution is 5.56. The van der Waals surface area contributed by atoms with Crippen LogP contribution in [0.3, 0.4) is 0 Å². The van der Waals surface area contributed by atoms with Crippen LogP contribution in [-0.2, 0) is 13.6 Å². The number of benzene rings is 1. The van der Waals surface area contributed by atoms with Gasteiger partial charge >= 0.3 is 0 Å². The van der Waals surface area contributed by atoms with Crippen molar-refractivity contribution in [3.63, 3.8) is 0 Å². The quantitative estimate of drug-likeness (QED) is 0.775. The summed E-state index contributed by atoms with van der Waals surface area (Å²) >= 11 is 0. The zero-order valence-corrected chi connectivity index (χ0v) is 8.14. The summed E-state index contributed by atoms with van der Waals surface area (Å²) in [6, 6.07) is 8.14. The molecule has 3 nitrogen and oxygen atoms in total. The minimum absolute atomic E-state index is 0.568. The second kappa shape index (κ2) is 3.64. The highest BCUT2D eigenvalue weighted by Gasteiger charge is 2.02. The third-order valence-corrected chi connectivity index (χ3v) is 2.24. The van der Waals surface area contributed by atoms with E-state index in [2.05, 4.69) is 11.1 Å². The molecule has 0 amide bonds. The van der Waals surface area contributed by atoms with Gasteiger partial charge in [0.25, 0.3) is 0 Å². The Labute approximate surface area is 83.2 Å². The van der Waals surface area contributed by atoms with E-state index in [0.29, 0.717) is 6.54 Å². The molecule has 0 spiro atoms. The Hall–Kier alpha value is -1.61. The van der Waals surface area contributed by atoms with E-state index in [9.17, 15) is 0 Å². The summed E-state index contributed by atoms with van der Waals surface area (Å²) in [6.45, 7) is 0.568. The summed E-state index contributed by atoms with van der Waals surface area (Å²) in [4.78, 5) is 4.28. The van der Waals surface area contributed by atoms with Gasteiger partial charge in [-0.15, -0.1) is 0 Å². The number of aromatic nitrogens is 2. The lowest BCUT2D eigenvalue weighted by molar-refractivity contribution is 0.924. The van der Waals surface area contributed by atoms with Gasteiger partial charge in [0.15, 0.2) is 0 Å². The molecule has 2 rings (SSSR count).